The summed E-state index contributed by atoms with van der Waals surface area (Å²) in [5.41, 5.74) is 4.72. The zero-order valence-corrected chi connectivity index (χ0v) is 17.9. The Balaban J connectivity index is 1.40. The number of nitrogens with one attached hydrogen (secondary N) is 1. The Kier molecular flexibility index (Phi) is 4.26. The number of rotatable bonds is 5. The lowest BCUT2D eigenvalue weighted by molar-refractivity contribution is -0.110. The number of aromatic nitrogens is 1. The predicted octanol–water partition coefficient (Wildman–Crippen LogP) is 5.27. The zero-order chi connectivity index (χ0) is 22.0. The second-order valence-electron chi connectivity index (χ2n) is 8.96. The summed E-state index contributed by atoms with van der Waals surface area (Å²) < 4.78 is 5.32. The number of carbonyl (C=O) groups excluding carboxylic acids is 1. The number of aliphatic hydroxyl groups is 2. The summed E-state index contributed by atoms with van der Waals surface area (Å²) >= 11 is 6.55. The number of carbonyl (C=O) groups is 1. The molecular formula is C25H21ClN2O4. The van der Waals surface area contributed by atoms with Gasteiger partial charge in [-0.25, -0.2) is 0 Å². The van der Waals surface area contributed by atoms with E-state index in [0.717, 1.165) is 48.1 Å². The minimum atomic E-state index is -0.413. The highest BCUT2D eigenvalue weighted by Gasteiger charge is 2.43. The molecule has 2 aromatic carbocycles. The van der Waals surface area contributed by atoms with Gasteiger partial charge in [-0.3, -0.25) is 4.79 Å². The molecule has 0 atom stereocenters. The average molecular weight is 449 g/mol. The molecule has 6 rings (SSSR count). The molecule has 0 radical (unpaired) electrons. The van der Waals surface area contributed by atoms with Crippen molar-refractivity contribution >= 4 is 34.5 Å². The fourth-order valence-electron chi connectivity index (χ4n) is 4.43. The fourth-order valence-corrected chi connectivity index (χ4v) is 4.71. The monoisotopic (exact) mass is 448 g/mol. The van der Waals surface area contributed by atoms with Crippen molar-refractivity contribution in [1.29, 1.82) is 0 Å². The van der Waals surface area contributed by atoms with E-state index in [1.165, 1.54) is 0 Å². The third kappa shape index (κ3) is 3.05. The Morgan fingerprint density at radius 3 is 2.56 bits per heavy atom. The van der Waals surface area contributed by atoms with E-state index < -0.39 is 5.91 Å². The van der Waals surface area contributed by atoms with Crippen molar-refractivity contribution in [1.82, 2.24) is 5.16 Å². The third-order valence-corrected chi connectivity index (χ3v) is 7.12. The Morgan fingerprint density at radius 2 is 1.91 bits per heavy atom. The van der Waals surface area contributed by atoms with Gasteiger partial charge < -0.3 is 20.1 Å². The van der Waals surface area contributed by atoms with Crippen LogP contribution < -0.4 is 5.32 Å². The number of amides is 1. The molecule has 0 unspecified atom stereocenters. The Labute approximate surface area is 189 Å². The van der Waals surface area contributed by atoms with Gasteiger partial charge in [0.15, 0.2) is 5.76 Å². The van der Waals surface area contributed by atoms with Gasteiger partial charge in [0.05, 0.1) is 28.6 Å². The van der Waals surface area contributed by atoms with Gasteiger partial charge in [0, 0.05) is 28.5 Å². The molecule has 6 nitrogen and oxygen atoms in total. The first-order valence-corrected chi connectivity index (χ1v) is 11.1. The standard InChI is InChI=1S/C25H21ClN2O4/c26-18-10-20-17(9-16(18)13-3-5-15(6-4-13)25(12-29)7-8-25)22(24(31)27-20)23(30)21-11-19(28-32-21)14-1-2-14/h3-6,9-11,14,29-30H,1-2,7-8,12H2,(H,27,31). The molecule has 3 aliphatic rings. The number of anilines is 1. The lowest BCUT2D eigenvalue weighted by atomic mass is 9.93. The molecule has 2 heterocycles. The molecule has 3 aromatic rings. The lowest BCUT2D eigenvalue weighted by Crippen LogP contribution is -2.11. The lowest BCUT2D eigenvalue weighted by Gasteiger charge is -2.14. The quantitative estimate of drug-likeness (QED) is 0.365. The maximum Gasteiger partial charge on any atom is 0.260 e. The third-order valence-electron chi connectivity index (χ3n) is 6.81. The normalized spacial score (nSPS) is 20.1. The van der Waals surface area contributed by atoms with Gasteiger partial charge >= 0.3 is 0 Å². The van der Waals surface area contributed by atoms with Crippen molar-refractivity contribution in [2.75, 3.05) is 11.9 Å². The summed E-state index contributed by atoms with van der Waals surface area (Å²) in [5, 5.41) is 27.9. The van der Waals surface area contributed by atoms with Gasteiger partial charge in [0.1, 0.15) is 0 Å². The van der Waals surface area contributed by atoms with Crippen molar-refractivity contribution in [3.8, 4) is 11.1 Å². The molecule has 3 N–H and O–H groups in total. The van der Waals surface area contributed by atoms with Gasteiger partial charge in [0.25, 0.3) is 5.91 Å². The number of halogens is 1. The van der Waals surface area contributed by atoms with Crippen LogP contribution in [0, 0.1) is 0 Å². The van der Waals surface area contributed by atoms with Crippen molar-refractivity contribution in [3.05, 3.63) is 70.1 Å². The zero-order valence-electron chi connectivity index (χ0n) is 17.2. The second-order valence-corrected chi connectivity index (χ2v) is 9.37. The molecule has 1 amide bonds. The number of nitrogens with zero attached hydrogens (tertiary/aromatic N) is 1. The van der Waals surface area contributed by atoms with E-state index in [2.05, 4.69) is 10.5 Å². The number of hydrogen-bond donors (Lipinski definition) is 3. The highest BCUT2D eigenvalue weighted by atomic mass is 35.5. The molecule has 162 valence electrons. The summed E-state index contributed by atoms with van der Waals surface area (Å²) in [4.78, 5) is 12.7. The molecule has 0 spiro atoms. The number of hydrogen-bond acceptors (Lipinski definition) is 5. The van der Waals surface area contributed by atoms with Crippen LogP contribution in [0.1, 0.15) is 54.2 Å². The molecular weight excluding hydrogens is 428 g/mol. The summed E-state index contributed by atoms with van der Waals surface area (Å²) in [7, 11) is 0. The molecule has 0 saturated heterocycles. The van der Waals surface area contributed by atoms with E-state index in [0.29, 0.717) is 22.2 Å². The minimum absolute atomic E-state index is 0.102. The molecule has 2 saturated carbocycles. The number of benzene rings is 2. The van der Waals surface area contributed by atoms with Gasteiger partial charge in [-0.1, -0.05) is 41.0 Å². The van der Waals surface area contributed by atoms with E-state index in [1.54, 1.807) is 12.1 Å². The van der Waals surface area contributed by atoms with Gasteiger partial charge in [0.2, 0.25) is 5.76 Å². The topological polar surface area (TPSA) is 95.6 Å². The van der Waals surface area contributed by atoms with Crippen molar-refractivity contribution < 1.29 is 19.5 Å². The maximum absolute atomic E-state index is 12.7. The van der Waals surface area contributed by atoms with Crippen LogP contribution in [0.3, 0.4) is 0 Å². The van der Waals surface area contributed by atoms with Crippen molar-refractivity contribution in [2.24, 2.45) is 0 Å². The molecule has 32 heavy (non-hydrogen) atoms. The first kappa shape index (κ1) is 19.6. The minimum Gasteiger partial charge on any atom is -0.504 e. The van der Waals surface area contributed by atoms with Gasteiger partial charge in [-0.15, -0.1) is 0 Å². The second kappa shape index (κ2) is 6.95. The highest BCUT2D eigenvalue weighted by molar-refractivity contribution is 6.38. The van der Waals surface area contributed by atoms with Crippen LogP contribution in [0.4, 0.5) is 5.69 Å². The predicted molar refractivity (Wildman–Crippen MR) is 121 cm³/mol. The fraction of sp³-hybridized carbons (Fsp3) is 0.280. The first-order chi connectivity index (χ1) is 15.5. The molecule has 2 aliphatic carbocycles. The van der Waals surface area contributed by atoms with E-state index in [4.69, 9.17) is 16.1 Å². The summed E-state index contributed by atoms with van der Waals surface area (Å²) in [6.45, 7) is 0.150. The van der Waals surface area contributed by atoms with Crippen LogP contribution in [-0.4, -0.2) is 27.9 Å². The van der Waals surface area contributed by atoms with Crippen LogP contribution in [0.25, 0.3) is 22.5 Å². The number of fused-ring (bicyclic) bond motifs is 1. The van der Waals surface area contributed by atoms with E-state index in [1.807, 2.05) is 30.3 Å². The average Bonchev–Trinajstić information content (AvgIpc) is 3.72. The molecule has 2 fully saturated rings. The van der Waals surface area contributed by atoms with Crippen LogP contribution in [-0.2, 0) is 10.2 Å². The smallest absolute Gasteiger partial charge is 0.260 e. The summed E-state index contributed by atoms with van der Waals surface area (Å²) in [6, 6.07) is 13.2. The van der Waals surface area contributed by atoms with E-state index in [-0.39, 0.29) is 29.1 Å². The molecule has 0 bridgehead atoms. The summed E-state index contributed by atoms with van der Waals surface area (Å²) in [5.74, 6) is -0.0829. The Bertz CT molecular complexity index is 1280. The largest absolute Gasteiger partial charge is 0.504 e. The van der Waals surface area contributed by atoms with Crippen LogP contribution >= 0.6 is 11.6 Å². The van der Waals surface area contributed by atoms with Crippen molar-refractivity contribution in [3.63, 3.8) is 0 Å². The maximum atomic E-state index is 12.7. The van der Waals surface area contributed by atoms with E-state index >= 15 is 0 Å². The van der Waals surface area contributed by atoms with Gasteiger partial charge in [-0.05, 0) is 48.9 Å². The Morgan fingerprint density at radius 1 is 1.16 bits per heavy atom. The van der Waals surface area contributed by atoms with Crippen LogP contribution in [0.5, 0.6) is 0 Å². The molecule has 7 heteroatoms. The van der Waals surface area contributed by atoms with E-state index in [9.17, 15) is 15.0 Å². The van der Waals surface area contributed by atoms with Crippen LogP contribution in [0.15, 0.2) is 47.0 Å². The Hall–Kier alpha value is -3.09. The van der Waals surface area contributed by atoms with Crippen molar-refractivity contribution in [2.45, 2.75) is 37.0 Å². The molecule has 1 aliphatic heterocycles. The summed E-state index contributed by atoms with van der Waals surface area (Å²) in [6.07, 6.45) is 4.11. The van der Waals surface area contributed by atoms with Gasteiger partial charge in [-0.2, -0.15) is 0 Å². The number of aliphatic hydroxyl groups excluding tert-OH is 2. The first-order valence-electron chi connectivity index (χ1n) is 10.8. The highest BCUT2D eigenvalue weighted by Crippen LogP contribution is 2.48. The van der Waals surface area contributed by atoms with Crippen LogP contribution in [0.2, 0.25) is 5.02 Å². The molecule has 1 aromatic heterocycles. The SMILES string of the molecule is O=C1Nc2cc(Cl)c(-c3ccc(C4(CO)CC4)cc3)cc2C1=C(O)c1cc(C2CC2)no1.